The second-order valence-electron chi connectivity index (χ2n) is 19.5. The average molecular weight is 790 g/mol. The topological polar surface area (TPSA) is 186 Å². The maximum atomic E-state index is 14.5. The van der Waals surface area contributed by atoms with Crippen LogP contribution >= 0.6 is 0 Å². The Kier molecular flexibility index (Phi) is 11.9. The first-order valence-electron chi connectivity index (χ1n) is 20.8. The second-order valence-corrected chi connectivity index (χ2v) is 19.5. The molecule has 0 aromatic heterocycles. The monoisotopic (exact) mass is 789 g/mol. The summed E-state index contributed by atoms with van der Waals surface area (Å²) in [5.41, 5.74) is -0.576. The molecule has 1 unspecified atom stereocenters. The number of likely N-dealkylation sites (N-methyl/N-ethyl adjacent to an activating group) is 1. The molecule has 1 aromatic rings. The molecule has 6 atom stereocenters. The molecule has 5 N–H and O–H groups in total. The second kappa shape index (κ2) is 16.0. The van der Waals surface area contributed by atoms with Gasteiger partial charge in [0.25, 0.3) is 5.91 Å². The molecular formula is C43H63N7O7. The first-order valence-corrected chi connectivity index (χ1v) is 20.8. The Morgan fingerprint density at radius 3 is 2.02 bits per heavy atom. The third kappa shape index (κ3) is 8.84. The summed E-state index contributed by atoms with van der Waals surface area (Å²) >= 11 is 0. The maximum Gasteiger partial charge on any atom is 0.315 e. The van der Waals surface area contributed by atoms with Crippen LogP contribution in [0.4, 0.5) is 4.79 Å². The van der Waals surface area contributed by atoms with Crippen molar-refractivity contribution in [2.75, 3.05) is 27.2 Å². The van der Waals surface area contributed by atoms with Crippen molar-refractivity contribution in [3.8, 4) is 0 Å². The number of nitrogens with one attached hydrogen (secondary N) is 5. The van der Waals surface area contributed by atoms with Crippen molar-refractivity contribution in [3.05, 3.63) is 35.9 Å². The lowest BCUT2D eigenvalue weighted by molar-refractivity contribution is -0.145. The van der Waals surface area contributed by atoms with Crippen molar-refractivity contribution < 1.29 is 33.6 Å². The lowest BCUT2D eigenvalue weighted by atomic mass is 9.53. The summed E-state index contributed by atoms with van der Waals surface area (Å²) in [6.07, 6.45) is 7.28. The Balaban J connectivity index is 1.10. The molecule has 1 aliphatic heterocycles. The molecule has 7 amide bonds. The predicted octanol–water partition coefficient (Wildman–Crippen LogP) is 3.07. The fourth-order valence-corrected chi connectivity index (χ4v) is 10.9. The molecule has 7 rings (SSSR count). The molecular weight excluding hydrogens is 727 g/mol. The van der Waals surface area contributed by atoms with Crippen LogP contribution in [0.5, 0.6) is 0 Å². The van der Waals surface area contributed by atoms with Crippen LogP contribution in [0.2, 0.25) is 0 Å². The van der Waals surface area contributed by atoms with Gasteiger partial charge in [-0.25, -0.2) is 4.79 Å². The molecule has 5 aliphatic carbocycles. The third-order valence-electron chi connectivity index (χ3n) is 13.5. The lowest BCUT2D eigenvalue weighted by Crippen LogP contribution is -2.65. The Hall–Kier alpha value is -4.49. The first-order chi connectivity index (χ1) is 26.7. The number of urea groups is 1. The molecule has 14 heteroatoms. The quantitative estimate of drug-likeness (QED) is 0.179. The minimum atomic E-state index is -1.20. The van der Waals surface area contributed by atoms with Gasteiger partial charge in [0.05, 0.1) is 12.6 Å². The van der Waals surface area contributed by atoms with Gasteiger partial charge in [0.15, 0.2) is 0 Å². The number of ketones is 1. The van der Waals surface area contributed by atoms with Gasteiger partial charge in [-0.3, -0.25) is 28.8 Å². The summed E-state index contributed by atoms with van der Waals surface area (Å²) in [5.74, 6) is -2.08. The first kappa shape index (κ1) is 42.1. The molecule has 1 saturated heterocycles. The van der Waals surface area contributed by atoms with Crippen LogP contribution in [0.15, 0.2) is 30.3 Å². The van der Waals surface area contributed by atoms with Gasteiger partial charge in [0, 0.05) is 26.2 Å². The van der Waals surface area contributed by atoms with E-state index in [0.717, 1.165) is 19.3 Å². The highest BCUT2D eigenvalue weighted by atomic mass is 16.2. The number of amides is 7. The number of fused-ring (bicyclic) bond motifs is 1. The van der Waals surface area contributed by atoms with E-state index in [1.807, 2.05) is 27.7 Å². The normalized spacial score (nSPS) is 29.2. The summed E-state index contributed by atoms with van der Waals surface area (Å²) in [7, 11) is 3.14. The molecule has 6 aliphatic rings. The number of Topliss-reactive ketones (excluding diaryl/α,β-unsaturated/α-hetero) is 1. The van der Waals surface area contributed by atoms with E-state index in [1.165, 1.54) is 24.2 Å². The van der Waals surface area contributed by atoms with Crippen LogP contribution in [0.3, 0.4) is 0 Å². The zero-order valence-corrected chi connectivity index (χ0v) is 34.9. The Morgan fingerprint density at radius 1 is 0.877 bits per heavy atom. The van der Waals surface area contributed by atoms with Crippen LogP contribution < -0.4 is 26.6 Å². The third-order valence-corrected chi connectivity index (χ3v) is 13.5. The van der Waals surface area contributed by atoms with E-state index >= 15 is 0 Å². The fraction of sp³-hybridized carbons (Fsp3) is 0.698. The Labute approximate surface area is 336 Å². The van der Waals surface area contributed by atoms with Gasteiger partial charge in [-0.05, 0) is 90.9 Å². The van der Waals surface area contributed by atoms with Gasteiger partial charge in [-0.1, -0.05) is 78.3 Å². The van der Waals surface area contributed by atoms with Gasteiger partial charge in [0.2, 0.25) is 29.4 Å². The summed E-state index contributed by atoms with van der Waals surface area (Å²) in [5, 5.41) is 14.2. The summed E-state index contributed by atoms with van der Waals surface area (Å²) in [4.78, 5) is 98.0. The number of nitrogens with zero attached hydrogens (tertiary/aromatic N) is 2. The number of rotatable bonds is 14. The number of hydrogen-bond acceptors (Lipinski definition) is 7. The van der Waals surface area contributed by atoms with Crippen LogP contribution in [0, 0.1) is 40.4 Å². The van der Waals surface area contributed by atoms with E-state index in [-0.39, 0.29) is 47.1 Å². The van der Waals surface area contributed by atoms with Crippen LogP contribution in [0.25, 0.3) is 0 Å². The van der Waals surface area contributed by atoms with Gasteiger partial charge in [0.1, 0.15) is 18.1 Å². The molecule has 57 heavy (non-hydrogen) atoms. The average Bonchev–Trinajstić information content (AvgIpc) is 3.43. The number of hydrogen-bond donors (Lipinski definition) is 5. The molecule has 6 fully saturated rings. The minimum absolute atomic E-state index is 0.0555. The molecule has 14 nitrogen and oxygen atoms in total. The van der Waals surface area contributed by atoms with E-state index in [4.69, 9.17) is 0 Å². The van der Waals surface area contributed by atoms with Crippen molar-refractivity contribution in [2.24, 2.45) is 40.4 Å². The molecule has 0 radical (unpaired) electrons. The van der Waals surface area contributed by atoms with Crippen LogP contribution in [-0.4, -0.2) is 102 Å². The number of carbonyl (C=O) groups is 7. The minimum Gasteiger partial charge on any atom is -0.347 e. The van der Waals surface area contributed by atoms with E-state index in [1.54, 1.807) is 49.3 Å². The van der Waals surface area contributed by atoms with Crippen molar-refractivity contribution in [1.82, 2.24) is 36.4 Å². The summed E-state index contributed by atoms with van der Waals surface area (Å²) < 4.78 is 0. The van der Waals surface area contributed by atoms with Crippen molar-refractivity contribution >= 4 is 41.4 Å². The molecule has 4 bridgehead atoms. The Bertz CT molecular complexity index is 1720. The van der Waals surface area contributed by atoms with Crippen LogP contribution in [0.1, 0.15) is 105 Å². The van der Waals surface area contributed by atoms with Gasteiger partial charge < -0.3 is 36.4 Å². The van der Waals surface area contributed by atoms with E-state index < -0.39 is 59.6 Å². The highest BCUT2D eigenvalue weighted by Crippen LogP contribution is 2.65. The fourth-order valence-electron chi connectivity index (χ4n) is 10.9. The summed E-state index contributed by atoms with van der Waals surface area (Å²) in [6.45, 7) is 11.4. The number of carbonyl (C=O) groups excluding carboxylic acids is 7. The van der Waals surface area contributed by atoms with E-state index in [0.29, 0.717) is 36.3 Å². The largest absolute Gasteiger partial charge is 0.347 e. The zero-order chi connectivity index (χ0) is 41.6. The highest BCUT2D eigenvalue weighted by molar-refractivity contribution is 6.38. The van der Waals surface area contributed by atoms with E-state index in [2.05, 4.69) is 40.4 Å². The number of benzene rings is 1. The standard InChI is InChI=1S/C43H63N7O7/c1-9-13-29(34(52)37(54)44-22-30(51)46-32(38(55)49(7)8)27-14-11-10-12-15-27)45-36(53)33-31-28(42(31,5)6)23-50(33)39(56)35(41(2,3)4)47-40(57)48-43-19-24-16-25(20-43)18-26(17-24)21-43/h10-12,14-15,24-26,28-29,31-33,35H,9,13,16-23H2,1-8H3,(H,44,54)(H,45,53)(H,46,51)(H2,47,48,57)/t24?,25?,26?,28-,29?,31-,32-,33-,35+,43?/m0/s1. The van der Waals surface area contributed by atoms with Crippen LogP contribution in [-0.2, 0) is 28.8 Å². The number of piperidine rings is 1. The maximum absolute atomic E-state index is 14.5. The zero-order valence-electron chi connectivity index (χ0n) is 34.9. The lowest BCUT2D eigenvalue weighted by Gasteiger charge is -2.56. The van der Waals surface area contributed by atoms with Gasteiger partial charge in [-0.15, -0.1) is 0 Å². The van der Waals surface area contributed by atoms with Crippen molar-refractivity contribution in [2.45, 2.75) is 123 Å². The molecule has 1 aromatic carbocycles. The molecule has 5 saturated carbocycles. The highest BCUT2D eigenvalue weighted by Gasteiger charge is 2.70. The van der Waals surface area contributed by atoms with Gasteiger partial charge in [-0.2, -0.15) is 0 Å². The SMILES string of the molecule is CCCC(NC(=O)[C@@H]1[C@@H]2[C@H](CN1C(=O)[C@@H](NC(=O)NC13CC4CC(CC(C4)C1)C3)C(C)(C)C)C2(C)C)C(=O)C(=O)NCC(=O)N[C@H](C(=O)N(C)C)c1ccccc1. The number of likely N-dealkylation sites (tertiary alicyclic amines) is 1. The molecule has 312 valence electrons. The molecule has 0 spiro atoms. The van der Waals surface area contributed by atoms with E-state index in [9.17, 15) is 33.6 Å². The predicted molar refractivity (Wildman–Crippen MR) is 213 cm³/mol. The van der Waals surface area contributed by atoms with Crippen molar-refractivity contribution in [1.29, 1.82) is 0 Å². The van der Waals surface area contributed by atoms with Gasteiger partial charge >= 0.3 is 6.03 Å². The molecule has 1 heterocycles. The Morgan fingerprint density at radius 2 is 1.47 bits per heavy atom. The summed E-state index contributed by atoms with van der Waals surface area (Å²) in [6, 6.07) is 4.32. The van der Waals surface area contributed by atoms with Crippen molar-refractivity contribution in [3.63, 3.8) is 0 Å². The smallest absolute Gasteiger partial charge is 0.315 e.